The van der Waals surface area contributed by atoms with E-state index in [0.29, 0.717) is 11.6 Å². The van der Waals surface area contributed by atoms with Crippen LogP contribution in [-0.2, 0) is 0 Å². The predicted molar refractivity (Wildman–Crippen MR) is 57.1 cm³/mol. The molecule has 0 amide bonds. The molecule has 82 valence electrons. The minimum atomic E-state index is 0.104. The molecular weight excluding hydrogens is 196 g/mol. The van der Waals surface area contributed by atoms with Gasteiger partial charge in [-0.25, -0.2) is 5.48 Å². The highest BCUT2D eigenvalue weighted by Gasteiger charge is 2.06. The summed E-state index contributed by atoms with van der Waals surface area (Å²) in [7, 11) is 3.59. The summed E-state index contributed by atoms with van der Waals surface area (Å²) in [6, 6.07) is 0.106. The van der Waals surface area contributed by atoms with E-state index in [-0.39, 0.29) is 12.0 Å². The Kier molecular flexibility index (Phi) is 3.27. The summed E-state index contributed by atoms with van der Waals surface area (Å²) in [5.41, 5.74) is 8.66. The molecule has 0 spiro atoms. The van der Waals surface area contributed by atoms with E-state index < -0.39 is 0 Å². The van der Waals surface area contributed by atoms with Crippen LogP contribution >= 0.6 is 0 Å². The number of rotatable bonds is 4. The van der Waals surface area contributed by atoms with E-state index in [1.165, 1.54) is 0 Å². The van der Waals surface area contributed by atoms with Crippen molar-refractivity contribution in [2.75, 3.05) is 24.7 Å². The fourth-order valence-corrected chi connectivity index (χ4v) is 0.739. The number of nitrogen functional groups attached to an aromatic ring is 1. The molecule has 0 saturated carbocycles. The lowest BCUT2D eigenvalue weighted by molar-refractivity contribution is 0.209. The highest BCUT2D eigenvalue weighted by molar-refractivity contribution is 5.33. The largest absolute Gasteiger partial charge is 0.368 e. The summed E-state index contributed by atoms with van der Waals surface area (Å²) in [5, 5.41) is 0. The lowest BCUT2D eigenvalue weighted by atomic mass is 10.6. The van der Waals surface area contributed by atoms with Gasteiger partial charge in [0.15, 0.2) is 0 Å². The molecule has 1 aromatic rings. The van der Waals surface area contributed by atoms with Crippen LogP contribution in [0.1, 0.15) is 6.92 Å². The number of hydroxylamine groups is 1. The summed E-state index contributed by atoms with van der Waals surface area (Å²) in [4.78, 5) is 18.4. The lowest BCUT2D eigenvalue weighted by Gasteiger charge is -2.11. The van der Waals surface area contributed by atoms with Gasteiger partial charge in [0.2, 0.25) is 11.9 Å². The number of aromatic nitrogens is 3. The first kappa shape index (κ1) is 11.0. The Morgan fingerprint density at radius 1 is 1.40 bits per heavy atom. The van der Waals surface area contributed by atoms with Crippen LogP contribution in [0.3, 0.4) is 0 Å². The first-order valence-corrected chi connectivity index (χ1v) is 4.26. The molecule has 0 atom stereocenters. The van der Waals surface area contributed by atoms with Gasteiger partial charge >= 0.3 is 6.01 Å². The smallest absolute Gasteiger partial charge is 0.349 e. The molecule has 0 aromatic carbocycles. The number of hydrogen-bond donors (Lipinski definition) is 2. The number of allylic oxidation sites excluding steroid dienone is 1. The maximum absolute atomic E-state index is 5.48. The van der Waals surface area contributed by atoms with Gasteiger partial charge in [-0.15, -0.1) is 0 Å². The zero-order chi connectivity index (χ0) is 11.4. The maximum Gasteiger partial charge on any atom is 0.349 e. The van der Waals surface area contributed by atoms with E-state index in [1.807, 2.05) is 0 Å². The molecule has 1 aromatic heterocycles. The molecule has 0 bridgehead atoms. The number of anilines is 2. The monoisotopic (exact) mass is 210 g/mol. The molecule has 0 aliphatic rings. The molecule has 15 heavy (non-hydrogen) atoms. The van der Waals surface area contributed by atoms with Crippen molar-refractivity contribution in [3.05, 3.63) is 12.3 Å². The van der Waals surface area contributed by atoms with Crippen molar-refractivity contribution in [2.45, 2.75) is 6.92 Å². The second-order valence-electron chi connectivity index (χ2n) is 3.16. The van der Waals surface area contributed by atoms with E-state index in [0.717, 1.165) is 0 Å². The Balaban J connectivity index is 2.84. The number of nitrogens with zero attached hydrogens (tertiary/aromatic N) is 4. The number of nitrogens with two attached hydrogens (primary N) is 1. The molecule has 0 radical (unpaired) electrons. The highest BCUT2D eigenvalue weighted by Crippen LogP contribution is 2.10. The van der Waals surface area contributed by atoms with Crippen molar-refractivity contribution < 1.29 is 4.84 Å². The lowest BCUT2D eigenvalue weighted by Crippen LogP contribution is -2.20. The fourth-order valence-electron chi connectivity index (χ4n) is 0.739. The third-order valence-corrected chi connectivity index (χ3v) is 1.34. The second kappa shape index (κ2) is 4.45. The summed E-state index contributed by atoms with van der Waals surface area (Å²) in [6.45, 7) is 5.35. The van der Waals surface area contributed by atoms with Crippen LogP contribution in [0.5, 0.6) is 6.01 Å². The summed E-state index contributed by atoms with van der Waals surface area (Å²) in [6.07, 6.45) is 0. The molecule has 0 fully saturated rings. The summed E-state index contributed by atoms with van der Waals surface area (Å²) < 4.78 is 0. The van der Waals surface area contributed by atoms with Crippen molar-refractivity contribution in [1.82, 2.24) is 20.4 Å². The summed E-state index contributed by atoms with van der Waals surface area (Å²) >= 11 is 0. The van der Waals surface area contributed by atoms with Crippen LogP contribution < -0.4 is 21.0 Å². The van der Waals surface area contributed by atoms with Gasteiger partial charge in [0.25, 0.3) is 0 Å². The van der Waals surface area contributed by atoms with Gasteiger partial charge in [0, 0.05) is 19.8 Å². The van der Waals surface area contributed by atoms with Crippen LogP contribution in [-0.4, -0.2) is 29.0 Å². The van der Waals surface area contributed by atoms with Crippen molar-refractivity contribution in [3.8, 4) is 6.01 Å². The Morgan fingerprint density at radius 3 is 2.60 bits per heavy atom. The average molecular weight is 210 g/mol. The second-order valence-corrected chi connectivity index (χ2v) is 3.16. The van der Waals surface area contributed by atoms with Gasteiger partial charge in [-0.3, -0.25) is 0 Å². The average Bonchev–Trinajstić information content (AvgIpc) is 2.13. The standard InChI is InChI=1S/C8H14N6O/c1-5(2)13-15-8-11-6(9)10-7(12-8)14(3)4/h13H,1H2,2-4H3,(H2,9,10,11,12). The van der Waals surface area contributed by atoms with Gasteiger partial charge in [-0.05, 0) is 6.92 Å². The van der Waals surface area contributed by atoms with E-state index in [1.54, 1.807) is 25.9 Å². The normalized spacial score (nSPS) is 9.53. The SMILES string of the molecule is C=C(C)NOc1nc(N)nc(N(C)C)n1. The minimum absolute atomic E-state index is 0.104. The van der Waals surface area contributed by atoms with Crippen molar-refractivity contribution >= 4 is 11.9 Å². The predicted octanol–water partition coefficient (Wildman–Crippen LogP) is -0.0632. The molecule has 0 aliphatic heterocycles. The molecule has 0 saturated heterocycles. The molecule has 0 aliphatic carbocycles. The molecule has 1 heterocycles. The van der Waals surface area contributed by atoms with E-state index in [2.05, 4.69) is 27.0 Å². The van der Waals surface area contributed by atoms with E-state index in [4.69, 9.17) is 10.6 Å². The summed E-state index contributed by atoms with van der Waals surface area (Å²) in [5.74, 6) is 0.535. The Labute approximate surface area is 87.9 Å². The van der Waals surface area contributed by atoms with Gasteiger partial charge < -0.3 is 15.5 Å². The minimum Gasteiger partial charge on any atom is -0.368 e. The fraction of sp³-hybridized carbons (Fsp3) is 0.375. The topological polar surface area (TPSA) is 89.2 Å². The highest BCUT2D eigenvalue weighted by atomic mass is 16.7. The van der Waals surface area contributed by atoms with Crippen LogP contribution in [0.2, 0.25) is 0 Å². The first-order valence-electron chi connectivity index (χ1n) is 4.26. The van der Waals surface area contributed by atoms with Crippen molar-refractivity contribution in [1.29, 1.82) is 0 Å². The van der Waals surface area contributed by atoms with Crippen molar-refractivity contribution in [3.63, 3.8) is 0 Å². The van der Waals surface area contributed by atoms with Crippen LogP contribution in [0, 0.1) is 0 Å². The molecule has 3 N–H and O–H groups in total. The molecular formula is C8H14N6O. The van der Waals surface area contributed by atoms with Crippen molar-refractivity contribution in [2.24, 2.45) is 0 Å². The molecule has 7 nitrogen and oxygen atoms in total. The third kappa shape index (κ3) is 3.29. The number of nitrogens with one attached hydrogen (secondary N) is 1. The van der Waals surface area contributed by atoms with E-state index in [9.17, 15) is 0 Å². The van der Waals surface area contributed by atoms with Gasteiger partial charge in [-0.1, -0.05) is 6.58 Å². The number of hydrogen-bond acceptors (Lipinski definition) is 7. The Hall–Kier alpha value is -2.05. The quantitative estimate of drug-likeness (QED) is 0.673. The van der Waals surface area contributed by atoms with Crippen LogP contribution in [0.25, 0.3) is 0 Å². The zero-order valence-electron chi connectivity index (χ0n) is 8.98. The molecule has 1 rings (SSSR count). The molecule has 7 heteroatoms. The molecule has 0 unspecified atom stereocenters. The Morgan fingerprint density at radius 2 is 2.07 bits per heavy atom. The van der Waals surface area contributed by atoms with Crippen LogP contribution in [0.15, 0.2) is 12.3 Å². The third-order valence-electron chi connectivity index (χ3n) is 1.34. The van der Waals surface area contributed by atoms with Gasteiger partial charge in [0.05, 0.1) is 0 Å². The zero-order valence-corrected chi connectivity index (χ0v) is 8.98. The first-order chi connectivity index (χ1) is 6.99. The van der Waals surface area contributed by atoms with Crippen LogP contribution in [0.4, 0.5) is 11.9 Å². The van der Waals surface area contributed by atoms with Gasteiger partial charge in [-0.2, -0.15) is 15.0 Å². The Bertz CT molecular complexity index is 364. The van der Waals surface area contributed by atoms with Gasteiger partial charge in [0.1, 0.15) is 0 Å². The van der Waals surface area contributed by atoms with E-state index >= 15 is 0 Å². The maximum atomic E-state index is 5.48.